The molecule has 0 amide bonds. The van der Waals surface area contributed by atoms with Crippen molar-refractivity contribution in [2.75, 3.05) is 4.72 Å². The van der Waals surface area contributed by atoms with E-state index in [0.29, 0.717) is 22.7 Å². The van der Waals surface area contributed by atoms with Gasteiger partial charge in [-0.05, 0) is 50.3 Å². The van der Waals surface area contributed by atoms with Crippen LogP contribution in [0.5, 0.6) is 0 Å². The molecule has 7 heteroatoms. The fraction of sp³-hybridized carbons (Fsp3) is 0.400. The fourth-order valence-electron chi connectivity index (χ4n) is 2.36. The summed E-state index contributed by atoms with van der Waals surface area (Å²) in [5, 5.41) is 4.68. The second-order valence-electron chi connectivity index (χ2n) is 5.80. The van der Waals surface area contributed by atoms with Gasteiger partial charge in [0.25, 0.3) is 10.0 Å². The average molecular weight is 340 g/mol. The number of nitrogens with zero attached hydrogens (tertiary/aromatic N) is 2. The molecule has 5 nitrogen and oxygen atoms in total. The lowest BCUT2D eigenvalue weighted by Crippen LogP contribution is -2.13. The van der Waals surface area contributed by atoms with Crippen LogP contribution in [0, 0.1) is 12.8 Å². The van der Waals surface area contributed by atoms with Gasteiger partial charge in [-0.2, -0.15) is 5.10 Å². The summed E-state index contributed by atoms with van der Waals surface area (Å²) < 4.78 is 29.1. The minimum atomic E-state index is -3.66. The molecule has 0 spiro atoms. The van der Waals surface area contributed by atoms with Gasteiger partial charge in [-0.3, -0.25) is 9.40 Å². The van der Waals surface area contributed by atoms with Crippen molar-refractivity contribution in [2.45, 2.75) is 37.6 Å². The molecule has 0 saturated heterocycles. The van der Waals surface area contributed by atoms with Crippen LogP contribution >= 0.6 is 11.6 Å². The van der Waals surface area contributed by atoms with Gasteiger partial charge in [-0.25, -0.2) is 8.42 Å². The van der Waals surface area contributed by atoms with E-state index in [4.69, 9.17) is 11.6 Å². The van der Waals surface area contributed by atoms with Crippen LogP contribution in [0.15, 0.2) is 35.5 Å². The Morgan fingerprint density at radius 1 is 1.41 bits per heavy atom. The van der Waals surface area contributed by atoms with Gasteiger partial charge in [0.2, 0.25) is 0 Å². The van der Waals surface area contributed by atoms with Crippen molar-refractivity contribution in [3.05, 3.63) is 41.2 Å². The highest BCUT2D eigenvalue weighted by Crippen LogP contribution is 2.39. The van der Waals surface area contributed by atoms with Crippen molar-refractivity contribution in [2.24, 2.45) is 5.92 Å². The number of aryl methyl sites for hydroxylation is 1. The molecule has 2 aromatic rings. The van der Waals surface area contributed by atoms with Crippen molar-refractivity contribution < 1.29 is 8.42 Å². The number of sulfonamides is 1. The Bertz CT molecular complexity index is 797. The Kier molecular flexibility index (Phi) is 3.91. The molecule has 1 heterocycles. The smallest absolute Gasteiger partial charge is 0.262 e. The number of anilines is 1. The van der Waals surface area contributed by atoms with Crippen LogP contribution in [-0.2, 0) is 10.0 Å². The molecule has 1 aromatic heterocycles. The normalized spacial score (nSPS) is 16.5. The van der Waals surface area contributed by atoms with Gasteiger partial charge >= 0.3 is 0 Å². The number of halogens is 1. The average Bonchev–Trinajstić information content (AvgIpc) is 3.21. The van der Waals surface area contributed by atoms with Crippen LogP contribution in [0.4, 0.5) is 5.69 Å². The van der Waals surface area contributed by atoms with Crippen molar-refractivity contribution >= 4 is 27.3 Å². The third-order valence-corrected chi connectivity index (χ3v) is 5.81. The molecule has 1 atom stereocenters. The molecular weight excluding hydrogens is 322 g/mol. The van der Waals surface area contributed by atoms with Gasteiger partial charge in [-0.15, -0.1) is 0 Å². The third-order valence-electron chi connectivity index (χ3n) is 4.03. The molecule has 22 heavy (non-hydrogen) atoms. The highest BCUT2D eigenvalue weighted by molar-refractivity contribution is 7.92. The predicted molar refractivity (Wildman–Crippen MR) is 86.7 cm³/mol. The Hall–Kier alpha value is -1.53. The molecule has 1 saturated carbocycles. The van der Waals surface area contributed by atoms with Crippen molar-refractivity contribution in [1.29, 1.82) is 0 Å². The van der Waals surface area contributed by atoms with E-state index in [1.54, 1.807) is 18.3 Å². The predicted octanol–water partition coefficient (Wildman–Crippen LogP) is 3.62. The summed E-state index contributed by atoms with van der Waals surface area (Å²) in [4.78, 5) is 0.145. The molecule has 0 aliphatic heterocycles. The van der Waals surface area contributed by atoms with E-state index in [9.17, 15) is 8.42 Å². The van der Waals surface area contributed by atoms with E-state index in [2.05, 4.69) is 16.7 Å². The van der Waals surface area contributed by atoms with Crippen molar-refractivity contribution in [3.63, 3.8) is 0 Å². The molecule has 0 radical (unpaired) electrons. The molecule has 3 rings (SSSR count). The Balaban J connectivity index is 1.80. The quantitative estimate of drug-likeness (QED) is 0.904. The van der Waals surface area contributed by atoms with Gasteiger partial charge in [0.15, 0.2) is 0 Å². The summed E-state index contributed by atoms with van der Waals surface area (Å²) >= 11 is 6.00. The molecule has 1 fully saturated rings. The van der Waals surface area contributed by atoms with Gasteiger partial charge in [-0.1, -0.05) is 17.7 Å². The molecule has 0 bridgehead atoms. The number of aromatic nitrogens is 2. The van der Waals surface area contributed by atoms with E-state index in [1.165, 1.54) is 25.1 Å². The van der Waals surface area contributed by atoms with Gasteiger partial charge in [0.1, 0.15) is 0 Å². The maximum Gasteiger partial charge on any atom is 0.262 e. The van der Waals surface area contributed by atoms with E-state index >= 15 is 0 Å². The summed E-state index contributed by atoms with van der Waals surface area (Å²) in [6.07, 6.45) is 5.69. The SMILES string of the molecule is Cc1ccc(S(=O)(=O)Nc2cnn(C(C)C3CC3)c2)cc1Cl. The molecular formula is C15H18ClN3O2S. The maximum atomic E-state index is 12.4. The van der Waals surface area contributed by atoms with Gasteiger partial charge in [0.05, 0.1) is 22.8 Å². The first-order valence-corrected chi connectivity index (χ1v) is 9.06. The number of rotatable bonds is 5. The lowest BCUT2D eigenvalue weighted by atomic mass is 10.2. The molecule has 1 aliphatic rings. The second kappa shape index (κ2) is 5.59. The Morgan fingerprint density at radius 3 is 2.77 bits per heavy atom. The molecule has 118 valence electrons. The minimum Gasteiger partial charge on any atom is -0.276 e. The van der Waals surface area contributed by atoms with E-state index in [-0.39, 0.29) is 4.90 Å². The first-order chi connectivity index (χ1) is 10.4. The van der Waals surface area contributed by atoms with E-state index < -0.39 is 10.0 Å². The van der Waals surface area contributed by atoms with Crippen LogP contribution in [0.2, 0.25) is 5.02 Å². The van der Waals surface area contributed by atoms with Crippen LogP contribution in [0.1, 0.15) is 31.4 Å². The first-order valence-electron chi connectivity index (χ1n) is 7.20. The van der Waals surface area contributed by atoms with Crippen molar-refractivity contribution in [1.82, 2.24) is 9.78 Å². The lowest BCUT2D eigenvalue weighted by Gasteiger charge is -2.10. The molecule has 1 aromatic carbocycles. The van der Waals surface area contributed by atoms with Gasteiger partial charge < -0.3 is 0 Å². The van der Waals surface area contributed by atoms with Crippen LogP contribution in [0.3, 0.4) is 0 Å². The Labute approximate surface area is 135 Å². The largest absolute Gasteiger partial charge is 0.276 e. The maximum absolute atomic E-state index is 12.4. The summed E-state index contributed by atoms with van der Waals surface area (Å²) in [6.45, 7) is 3.93. The summed E-state index contributed by atoms with van der Waals surface area (Å²) in [5.74, 6) is 0.653. The summed E-state index contributed by atoms with van der Waals surface area (Å²) in [5.41, 5.74) is 1.30. The van der Waals surface area contributed by atoms with E-state index in [1.807, 2.05) is 11.6 Å². The monoisotopic (exact) mass is 339 g/mol. The number of benzene rings is 1. The standard InChI is InChI=1S/C15H18ClN3O2S/c1-10-3-6-14(7-15(10)16)22(20,21)18-13-8-17-19(9-13)11(2)12-4-5-12/h3,6-9,11-12,18H,4-5H2,1-2H3. The summed E-state index contributed by atoms with van der Waals surface area (Å²) in [6, 6.07) is 4.99. The number of hydrogen-bond acceptors (Lipinski definition) is 3. The zero-order valence-corrected chi connectivity index (χ0v) is 14.0. The zero-order valence-electron chi connectivity index (χ0n) is 12.5. The molecule has 1 unspecified atom stereocenters. The van der Waals surface area contributed by atoms with E-state index in [0.717, 1.165) is 5.56 Å². The lowest BCUT2D eigenvalue weighted by molar-refractivity contribution is 0.440. The number of hydrogen-bond donors (Lipinski definition) is 1. The topological polar surface area (TPSA) is 64.0 Å². The van der Waals surface area contributed by atoms with Crippen LogP contribution in [0.25, 0.3) is 0 Å². The minimum absolute atomic E-state index is 0.145. The molecule has 1 N–H and O–H groups in total. The summed E-state index contributed by atoms with van der Waals surface area (Å²) in [7, 11) is -3.66. The number of nitrogens with one attached hydrogen (secondary N) is 1. The highest BCUT2D eigenvalue weighted by atomic mass is 35.5. The van der Waals surface area contributed by atoms with Crippen LogP contribution < -0.4 is 4.72 Å². The third kappa shape index (κ3) is 3.13. The Morgan fingerprint density at radius 2 is 2.14 bits per heavy atom. The highest BCUT2D eigenvalue weighted by Gasteiger charge is 2.29. The van der Waals surface area contributed by atoms with Gasteiger partial charge in [0, 0.05) is 11.2 Å². The van der Waals surface area contributed by atoms with Crippen molar-refractivity contribution in [3.8, 4) is 0 Å². The zero-order chi connectivity index (χ0) is 15.9. The molecule has 1 aliphatic carbocycles. The fourth-order valence-corrected chi connectivity index (χ4v) is 3.66. The van der Waals surface area contributed by atoms with Crippen LogP contribution in [-0.4, -0.2) is 18.2 Å². The second-order valence-corrected chi connectivity index (χ2v) is 7.89. The first kappa shape index (κ1) is 15.4.